The second-order valence-corrected chi connectivity index (χ2v) is 15.6. The summed E-state index contributed by atoms with van der Waals surface area (Å²) in [6, 6.07) is 71.9. The van der Waals surface area contributed by atoms with Gasteiger partial charge in [0, 0.05) is 45.7 Å². The zero-order valence-electron chi connectivity index (χ0n) is 33.0. The van der Waals surface area contributed by atoms with Crippen molar-refractivity contribution in [2.75, 3.05) is 4.90 Å². The summed E-state index contributed by atoms with van der Waals surface area (Å²) in [7, 11) is 0. The molecule has 0 fully saturated rings. The monoisotopic (exact) mass is 767 g/mol. The van der Waals surface area contributed by atoms with Crippen LogP contribution in [0.1, 0.15) is 11.1 Å². The van der Waals surface area contributed by atoms with Crippen LogP contribution < -0.4 is 4.90 Å². The average Bonchev–Trinajstić information content (AvgIpc) is 3.70. The lowest BCUT2D eigenvalue weighted by molar-refractivity contribution is 0.669. The minimum atomic E-state index is 0.250. The number of para-hydroxylation sites is 1. The highest BCUT2D eigenvalue weighted by Gasteiger charge is 2.30. The molecule has 2 atom stereocenters. The van der Waals surface area contributed by atoms with Crippen molar-refractivity contribution in [2.45, 2.75) is 0 Å². The molecule has 0 spiro atoms. The molecule has 0 radical (unpaired) electrons. The Kier molecular flexibility index (Phi) is 9.02. The first-order chi connectivity index (χ1) is 29.7. The van der Waals surface area contributed by atoms with Crippen LogP contribution in [0.3, 0.4) is 0 Å². The van der Waals surface area contributed by atoms with Gasteiger partial charge < -0.3 is 9.32 Å². The van der Waals surface area contributed by atoms with Gasteiger partial charge in [0.2, 0.25) is 0 Å². The summed E-state index contributed by atoms with van der Waals surface area (Å²) >= 11 is 0. The van der Waals surface area contributed by atoms with Gasteiger partial charge in [0.05, 0.1) is 0 Å². The summed E-state index contributed by atoms with van der Waals surface area (Å²) in [5.74, 6) is 0.566. The Morgan fingerprint density at radius 2 is 0.800 bits per heavy atom. The van der Waals surface area contributed by atoms with E-state index >= 15 is 0 Å². The van der Waals surface area contributed by atoms with Crippen LogP contribution in [-0.2, 0) is 0 Å². The summed E-state index contributed by atoms with van der Waals surface area (Å²) in [6.07, 6.45) is 13.7. The fraction of sp³-hybridized carbons (Fsp3) is 0.0345. The number of benzene rings is 8. The SMILES string of the molecule is C1=CC2C=CC=C(c3ccc(N(c4ccc(-c5ccc(-c6ccccc6-c6ccccc6)cc5)cc4)c4ccc5c(c4)oc4ccccc45)cc3)C2C(c2ccccc2)=C1. The molecule has 0 saturated heterocycles. The number of rotatable bonds is 8. The molecular weight excluding hydrogens is 727 g/mol. The molecule has 11 rings (SSSR count). The smallest absolute Gasteiger partial charge is 0.137 e. The number of nitrogens with zero attached hydrogens (tertiary/aromatic N) is 1. The lowest BCUT2D eigenvalue weighted by atomic mass is 9.71. The molecule has 0 aliphatic heterocycles. The van der Waals surface area contributed by atoms with E-state index in [2.05, 4.69) is 229 Å². The highest BCUT2D eigenvalue weighted by atomic mass is 16.3. The topological polar surface area (TPSA) is 16.4 Å². The maximum Gasteiger partial charge on any atom is 0.137 e. The van der Waals surface area contributed by atoms with Gasteiger partial charge in [-0.3, -0.25) is 0 Å². The van der Waals surface area contributed by atoms with Gasteiger partial charge in [0.1, 0.15) is 11.2 Å². The van der Waals surface area contributed by atoms with Gasteiger partial charge >= 0.3 is 0 Å². The first-order valence-corrected chi connectivity index (χ1v) is 20.7. The van der Waals surface area contributed by atoms with Gasteiger partial charge in [-0.25, -0.2) is 0 Å². The number of allylic oxidation sites excluding steroid dienone is 8. The quantitative estimate of drug-likeness (QED) is 0.153. The maximum atomic E-state index is 6.41. The third-order valence-corrected chi connectivity index (χ3v) is 12.1. The molecule has 2 aliphatic rings. The van der Waals surface area contributed by atoms with Gasteiger partial charge in [0.15, 0.2) is 0 Å². The highest BCUT2D eigenvalue weighted by molar-refractivity contribution is 6.06. The van der Waals surface area contributed by atoms with E-state index in [-0.39, 0.29) is 5.92 Å². The summed E-state index contributed by atoms with van der Waals surface area (Å²) in [6.45, 7) is 0. The van der Waals surface area contributed by atoms with E-state index in [1.54, 1.807) is 0 Å². The second kappa shape index (κ2) is 15.2. The Morgan fingerprint density at radius 1 is 0.350 bits per heavy atom. The molecule has 9 aromatic rings. The lowest BCUT2D eigenvalue weighted by Gasteiger charge is -2.33. The third-order valence-electron chi connectivity index (χ3n) is 12.1. The van der Waals surface area contributed by atoms with Gasteiger partial charge in [-0.1, -0.05) is 188 Å². The van der Waals surface area contributed by atoms with Crippen molar-refractivity contribution in [1.82, 2.24) is 0 Å². The van der Waals surface area contributed by atoms with E-state index < -0.39 is 0 Å². The molecule has 284 valence electrons. The van der Waals surface area contributed by atoms with E-state index in [4.69, 9.17) is 4.42 Å². The number of anilines is 3. The Labute approximate surface area is 351 Å². The normalized spacial score (nSPS) is 15.7. The first-order valence-electron chi connectivity index (χ1n) is 20.7. The molecule has 0 saturated carbocycles. The fourth-order valence-corrected chi connectivity index (χ4v) is 9.19. The Balaban J connectivity index is 0.941. The maximum absolute atomic E-state index is 6.41. The van der Waals surface area contributed by atoms with Crippen molar-refractivity contribution in [1.29, 1.82) is 0 Å². The molecule has 0 bridgehead atoms. The van der Waals surface area contributed by atoms with Gasteiger partial charge in [-0.05, 0) is 98.1 Å². The van der Waals surface area contributed by atoms with E-state index in [0.29, 0.717) is 5.92 Å². The molecule has 2 heteroatoms. The minimum Gasteiger partial charge on any atom is -0.456 e. The Morgan fingerprint density at radius 3 is 1.43 bits per heavy atom. The zero-order chi connectivity index (χ0) is 39.8. The molecule has 2 nitrogen and oxygen atoms in total. The fourth-order valence-electron chi connectivity index (χ4n) is 9.19. The van der Waals surface area contributed by atoms with Crippen molar-refractivity contribution in [3.05, 3.63) is 248 Å². The molecular formula is C58H41NO. The molecule has 60 heavy (non-hydrogen) atoms. The molecule has 1 heterocycles. The van der Waals surface area contributed by atoms with E-state index in [0.717, 1.165) is 39.0 Å². The van der Waals surface area contributed by atoms with Crippen LogP contribution >= 0.6 is 0 Å². The van der Waals surface area contributed by atoms with Crippen LogP contribution in [-0.4, -0.2) is 0 Å². The summed E-state index contributed by atoms with van der Waals surface area (Å²) in [5.41, 5.74) is 17.4. The van der Waals surface area contributed by atoms with E-state index in [9.17, 15) is 0 Å². The van der Waals surface area contributed by atoms with E-state index in [1.807, 2.05) is 12.1 Å². The summed E-state index contributed by atoms with van der Waals surface area (Å²) in [5, 5.41) is 2.24. The second-order valence-electron chi connectivity index (χ2n) is 15.6. The molecule has 1 aromatic heterocycles. The molecule has 8 aromatic carbocycles. The zero-order valence-corrected chi connectivity index (χ0v) is 33.0. The van der Waals surface area contributed by atoms with Gasteiger partial charge in [-0.2, -0.15) is 0 Å². The van der Waals surface area contributed by atoms with Crippen LogP contribution in [0, 0.1) is 11.8 Å². The lowest BCUT2D eigenvalue weighted by Crippen LogP contribution is -2.19. The largest absolute Gasteiger partial charge is 0.456 e. The molecule has 2 aliphatic carbocycles. The number of hydrogen-bond acceptors (Lipinski definition) is 2. The standard InChI is InChI=1S/C58H41NO/c1-3-13-42(14-4-1)50-19-7-8-20-51(50)44-27-25-40(26-28-44)41-29-33-47(34-30-41)59(49-37-38-55-54-21-9-10-24-56(54)60-57(55)39-49)48-35-31-45(32-36-48)53-23-12-18-46-17-11-22-52(58(46)53)43-15-5-2-6-16-43/h1-39,46,58H. The molecule has 0 N–H and O–H groups in total. The number of hydrogen-bond donors (Lipinski definition) is 0. The average molecular weight is 768 g/mol. The van der Waals surface area contributed by atoms with Gasteiger partial charge in [-0.15, -0.1) is 0 Å². The highest BCUT2D eigenvalue weighted by Crippen LogP contribution is 2.46. The van der Waals surface area contributed by atoms with Crippen LogP contribution in [0.5, 0.6) is 0 Å². The minimum absolute atomic E-state index is 0.250. The van der Waals surface area contributed by atoms with Crippen molar-refractivity contribution in [3.63, 3.8) is 0 Å². The van der Waals surface area contributed by atoms with Crippen molar-refractivity contribution in [2.24, 2.45) is 11.8 Å². The van der Waals surface area contributed by atoms with Crippen LogP contribution in [0.25, 0.3) is 66.5 Å². The third kappa shape index (κ3) is 6.49. The molecule has 0 amide bonds. The first kappa shape index (κ1) is 35.5. The Hall–Kier alpha value is -7.68. The molecule has 2 unspecified atom stereocenters. The van der Waals surface area contributed by atoms with Crippen LogP contribution in [0.15, 0.2) is 241 Å². The van der Waals surface area contributed by atoms with Crippen LogP contribution in [0.2, 0.25) is 0 Å². The Bertz CT molecular complexity index is 3110. The van der Waals surface area contributed by atoms with Crippen LogP contribution in [0.4, 0.5) is 17.1 Å². The van der Waals surface area contributed by atoms with Crippen molar-refractivity contribution in [3.8, 4) is 33.4 Å². The predicted octanol–water partition coefficient (Wildman–Crippen LogP) is 15.9. The summed E-state index contributed by atoms with van der Waals surface area (Å²) in [4.78, 5) is 2.33. The number of furan rings is 1. The van der Waals surface area contributed by atoms with Crippen molar-refractivity contribution >= 4 is 50.1 Å². The number of fused-ring (bicyclic) bond motifs is 4. The summed E-state index contributed by atoms with van der Waals surface area (Å²) < 4.78 is 6.41. The van der Waals surface area contributed by atoms with E-state index in [1.165, 1.54) is 55.7 Å². The predicted molar refractivity (Wildman–Crippen MR) is 252 cm³/mol. The van der Waals surface area contributed by atoms with Crippen molar-refractivity contribution < 1.29 is 4.42 Å². The van der Waals surface area contributed by atoms with Gasteiger partial charge in [0.25, 0.3) is 0 Å².